The van der Waals surface area contributed by atoms with Crippen molar-refractivity contribution < 1.29 is 9.18 Å². The number of aliphatic imine (C=N–C) groups is 1. The molecule has 134 valence electrons. The van der Waals surface area contributed by atoms with Gasteiger partial charge >= 0.3 is 0 Å². The van der Waals surface area contributed by atoms with E-state index in [1.165, 1.54) is 29.8 Å². The molecule has 0 saturated heterocycles. The van der Waals surface area contributed by atoms with Crippen molar-refractivity contribution in [2.45, 2.75) is 13.5 Å². The molecule has 0 heterocycles. The van der Waals surface area contributed by atoms with Crippen molar-refractivity contribution in [1.82, 2.24) is 10.6 Å². The SMILES string of the molecule is CN=C(NCC(=O)Nc1ccc(F)cc1)NCc1ccccc1C.I. The number of anilines is 1. The molecule has 2 aromatic carbocycles. The highest BCUT2D eigenvalue weighted by molar-refractivity contribution is 14.0. The highest BCUT2D eigenvalue weighted by Gasteiger charge is 2.05. The third-order valence-electron chi connectivity index (χ3n) is 3.48. The fourth-order valence-corrected chi connectivity index (χ4v) is 2.11. The predicted octanol–water partition coefficient (Wildman–Crippen LogP) is 3.06. The van der Waals surface area contributed by atoms with Crippen LogP contribution in [0.4, 0.5) is 10.1 Å². The van der Waals surface area contributed by atoms with E-state index in [0.29, 0.717) is 18.2 Å². The number of hydrogen-bond donors (Lipinski definition) is 3. The Balaban J connectivity index is 0.00000312. The summed E-state index contributed by atoms with van der Waals surface area (Å²) in [7, 11) is 1.64. The number of guanidine groups is 1. The smallest absolute Gasteiger partial charge is 0.243 e. The second kappa shape index (κ2) is 10.7. The summed E-state index contributed by atoms with van der Waals surface area (Å²) in [5.74, 6) is -0.0418. The molecule has 0 unspecified atom stereocenters. The van der Waals surface area contributed by atoms with Gasteiger partial charge in [0.2, 0.25) is 5.91 Å². The number of nitrogens with one attached hydrogen (secondary N) is 3. The van der Waals surface area contributed by atoms with Crippen LogP contribution in [0.25, 0.3) is 0 Å². The van der Waals surface area contributed by atoms with E-state index in [1.54, 1.807) is 7.05 Å². The lowest BCUT2D eigenvalue weighted by atomic mass is 10.1. The first-order chi connectivity index (χ1) is 11.6. The van der Waals surface area contributed by atoms with Gasteiger partial charge in [-0.2, -0.15) is 0 Å². The Morgan fingerprint density at radius 2 is 1.76 bits per heavy atom. The molecule has 1 amide bonds. The summed E-state index contributed by atoms with van der Waals surface area (Å²) in [5.41, 5.74) is 2.90. The lowest BCUT2D eigenvalue weighted by Gasteiger charge is -2.13. The lowest BCUT2D eigenvalue weighted by molar-refractivity contribution is -0.115. The molecule has 0 aliphatic rings. The molecule has 3 N–H and O–H groups in total. The van der Waals surface area contributed by atoms with Crippen molar-refractivity contribution in [2.75, 3.05) is 18.9 Å². The average Bonchev–Trinajstić information content (AvgIpc) is 2.58. The van der Waals surface area contributed by atoms with Gasteiger partial charge in [0.1, 0.15) is 5.82 Å². The molecule has 25 heavy (non-hydrogen) atoms. The van der Waals surface area contributed by atoms with Gasteiger partial charge in [0, 0.05) is 19.3 Å². The lowest BCUT2D eigenvalue weighted by Crippen LogP contribution is -2.41. The largest absolute Gasteiger partial charge is 0.352 e. The molecule has 5 nitrogen and oxygen atoms in total. The molecular weight excluding hydrogens is 434 g/mol. The molecule has 0 saturated carbocycles. The van der Waals surface area contributed by atoms with Crippen LogP contribution in [-0.4, -0.2) is 25.5 Å². The Kier molecular flexibility index (Phi) is 8.90. The van der Waals surface area contributed by atoms with E-state index in [-0.39, 0.29) is 42.2 Å². The molecule has 0 aliphatic heterocycles. The topological polar surface area (TPSA) is 65.5 Å². The molecule has 0 fully saturated rings. The predicted molar refractivity (Wildman–Crippen MR) is 110 cm³/mol. The van der Waals surface area contributed by atoms with Gasteiger partial charge in [0.15, 0.2) is 5.96 Å². The van der Waals surface area contributed by atoms with Gasteiger partial charge in [0.05, 0.1) is 6.54 Å². The van der Waals surface area contributed by atoms with E-state index in [2.05, 4.69) is 20.9 Å². The number of rotatable bonds is 5. The van der Waals surface area contributed by atoms with Crippen molar-refractivity contribution in [3.05, 3.63) is 65.5 Å². The zero-order valence-electron chi connectivity index (χ0n) is 14.2. The normalized spacial score (nSPS) is 10.6. The third-order valence-corrected chi connectivity index (χ3v) is 3.48. The van der Waals surface area contributed by atoms with Crippen LogP contribution >= 0.6 is 24.0 Å². The Hall–Kier alpha value is -2.16. The third kappa shape index (κ3) is 7.08. The Labute approximate surface area is 164 Å². The average molecular weight is 456 g/mol. The molecule has 0 aromatic heterocycles. The van der Waals surface area contributed by atoms with Crippen LogP contribution in [0.2, 0.25) is 0 Å². The van der Waals surface area contributed by atoms with Crippen LogP contribution in [0, 0.1) is 12.7 Å². The van der Waals surface area contributed by atoms with Gasteiger partial charge < -0.3 is 16.0 Å². The van der Waals surface area contributed by atoms with Gasteiger partial charge in [-0.1, -0.05) is 24.3 Å². The van der Waals surface area contributed by atoms with E-state index >= 15 is 0 Å². The second-order valence-corrected chi connectivity index (χ2v) is 5.26. The number of aryl methyl sites for hydroxylation is 1. The summed E-state index contributed by atoms with van der Waals surface area (Å²) >= 11 is 0. The van der Waals surface area contributed by atoms with E-state index in [4.69, 9.17) is 0 Å². The fourth-order valence-electron chi connectivity index (χ4n) is 2.11. The highest BCUT2D eigenvalue weighted by Crippen LogP contribution is 2.08. The molecule has 0 bridgehead atoms. The number of hydrogen-bond acceptors (Lipinski definition) is 2. The fraction of sp³-hybridized carbons (Fsp3) is 0.222. The zero-order chi connectivity index (χ0) is 17.4. The molecule has 2 rings (SSSR count). The number of carbonyl (C=O) groups is 1. The minimum Gasteiger partial charge on any atom is -0.352 e. The summed E-state index contributed by atoms with van der Waals surface area (Å²) in [6, 6.07) is 13.7. The molecule has 0 spiro atoms. The van der Waals surface area contributed by atoms with Gasteiger partial charge in [-0.3, -0.25) is 9.79 Å². The van der Waals surface area contributed by atoms with Crippen molar-refractivity contribution in [3.8, 4) is 0 Å². The monoisotopic (exact) mass is 456 g/mol. The standard InChI is InChI=1S/C18H21FN4O.HI/c1-13-5-3-4-6-14(13)11-21-18(20-2)22-12-17(24)23-16-9-7-15(19)8-10-16;/h3-10H,11-12H2,1-2H3,(H,23,24)(H2,20,21,22);1H. The Morgan fingerprint density at radius 3 is 2.40 bits per heavy atom. The van der Waals surface area contributed by atoms with E-state index < -0.39 is 0 Å². The van der Waals surface area contributed by atoms with Crippen LogP contribution in [0.1, 0.15) is 11.1 Å². The first-order valence-corrected chi connectivity index (χ1v) is 7.63. The van der Waals surface area contributed by atoms with Crippen LogP contribution < -0.4 is 16.0 Å². The van der Waals surface area contributed by atoms with Crippen LogP contribution in [-0.2, 0) is 11.3 Å². The van der Waals surface area contributed by atoms with Gasteiger partial charge in [-0.05, 0) is 42.3 Å². The van der Waals surface area contributed by atoms with E-state index in [9.17, 15) is 9.18 Å². The molecule has 0 aliphatic carbocycles. The summed E-state index contributed by atoms with van der Waals surface area (Å²) < 4.78 is 12.8. The first kappa shape index (κ1) is 20.9. The summed E-state index contributed by atoms with van der Waals surface area (Å²) in [6.45, 7) is 2.72. The number of carbonyl (C=O) groups excluding carboxylic acids is 1. The van der Waals surface area contributed by atoms with Gasteiger partial charge in [-0.25, -0.2) is 4.39 Å². The van der Waals surface area contributed by atoms with Crippen molar-refractivity contribution in [1.29, 1.82) is 0 Å². The molecule has 0 atom stereocenters. The number of amides is 1. The van der Waals surface area contributed by atoms with Crippen LogP contribution in [0.15, 0.2) is 53.5 Å². The van der Waals surface area contributed by atoms with Crippen molar-refractivity contribution in [3.63, 3.8) is 0 Å². The van der Waals surface area contributed by atoms with Crippen molar-refractivity contribution >= 4 is 41.5 Å². The summed E-state index contributed by atoms with van der Waals surface area (Å²) in [5, 5.41) is 8.79. The quantitative estimate of drug-likeness (QED) is 0.368. The molecule has 7 heteroatoms. The minimum atomic E-state index is -0.341. The molecule has 2 aromatic rings. The summed E-state index contributed by atoms with van der Waals surface area (Å²) in [4.78, 5) is 16.0. The van der Waals surface area contributed by atoms with E-state index in [0.717, 1.165) is 5.56 Å². The Morgan fingerprint density at radius 1 is 1.08 bits per heavy atom. The molecular formula is C18H22FIN4O. The van der Waals surface area contributed by atoms with Crippen LogP contribution in [0.5, 0.6) is 0 Å². The zero-order valence-corrected chi connectivity index (χ0v) is 16.5. The number of halogens is 2. The number of nitrogens with zero attached hydrogens (tertiary/aromatic N) is 1. The second-order valence-electron chi connectivity index (χ2n) is 5.26. The maximum Gasteiger partial charge on any atom is 0.243 e. The maximum atomic E-state index is 12.8. The van der Waals surface area contributed by atoms with Crippen molar-refractivity contribution in [2.24, 2.45) is 4.99 Å². The maximum absolute atomic E-state index is 12.8. The molecule has 0 radical (unpaired) electrons. The number of benzene rings is 2. The highest BCUT2D eigenvalue weighted by atomic mass is 127. The summed E-state index contributed by atoms with van der Waals surface area (Å²) in [6.07, 6.45) is 0. The van der Waals surface area contributed by atoms with E-state index in [1.807, 2.05) is 31.2 Å². The van der Waals surface area contributed by atoms with Gasteiger partial charge in [0.25, 0.3) is 0 Å². The van der Waals surface area contributed by atoms with Crippen LogP contribution in [0.3, 0.4) is 0 Å². The first-order valence-electron chi connectivity index (χ1n) is 7.63. The minimum absolute atomic E-state index is 0. The van der Waals surface area contributed by atoms with Gasteiger partial charge in [-0.15, -0.1) is 24.0 Å². The Bertz CT molecular complexity index is 719.